The van der Waals surface area contributed by atoms with Gasteiger partial charge in [-0.25, -0.2) is 8.42 Å². The average molecular weight is 443 g/mol. The van der Waals surface area contributed by atoms with Crippen LogP contribution in [0.1, 0.15) is 30.4 Å². The lowest BCUT2D eigenvalue weighted by atomic mass is 10.1. The van der Waals surface area contributed by atoms with E-state index in [0.29, 0.717) is 37.0 Å². The normalized spacial score (nSPS) is 19.5. The van der Waals surface area contributed by atoms with Gasteiger partial charge in [0.2, 0.25) is 10.0 Å². The molecule has 31 heavy (non-hydrogen) atoms. The largest absolute Gasteiger partial charge is 0.488 e. The molecule has 2 heterocycles. The second kappa shape index (κ2) is 9.70. The Hall–Kier alpha value is -2.58. The van der Waals surface area contributed by atoms with E-state index in [9.17, 15) is 8.42 Å². The molecule has 2 aliphatic rings. The molecular weight excluding hydrogens is 412 g/mol. The predicted octanol–water partition coefficient (Wildman–Crippen LogP) is 2.53. The van der Waals surface area contributed by atoms with Crippen molar-refractivity contribution >= 4 is 16.0 Å². The van der Waals surface area contributed by atoms with Crippen LogP contribution in [0.25, 0.3) is 0 Å². The highest BCUT2D eigenvalue weighted by Crippen LogP contribution is 2.27. The first-order valence-electron chi connectivity index (χ1n) is 10.8. The first-order valence-corrected chi connectivity index (χ1v) is 12.3. The van der Waals surface area contributed by atoms with Crippen molar-refractivity contribution in [1.82, 2.24) is 14.9 Å². The van der Waals surface area contributed by atoms with Crippen LogP contribution in [-0.2, 0) is 23.0 Å². The van der Waals surface area contributed by atoms with Crippen molar-refractivity contribution in [1.29, 1.82) is 0 Å². The number of para-hydroxylation sites is 1. The number of benzene rings is 2. The number of hydrogen-bond donors (Lipinski definition) is 2. The van der Waals surface area contributed by atoms with Crippen LogP contribution in [0.15, 0.2) is 58.4 Å². The van der Waals surface area contributed by atoms with Gasteiger partial charge in [-0.15, -0.1) is 0 Å². The molecule has 1 saturated heterocycles. The number of piperidine rings is 1. The molecule has 1 atom stereocenters. The summed E-state index contributed by atoms with van der Waals surface area (Å²) < 4.78 is 33.9. The second-order valence-electron chi connectivity index (χ2n) is 7.93. The lowest BCUT2D eigenvalue weighted by Gasteiger charge is -2.27. The standard InChI is InChI=1S/C23H30N4O3S/c1-24-23(26-17-20-15-18-9-3-5-11-21(18)30-20)25-16-19-10-4-6-12-22(19)31(28,29)27-13-7-2-8-14-27/h3-6,9-12,20H,2,7-8,13-17H2,1H3,(H2,24,25,26). The van der Waals surface area contributed by atoms with Gasteiger partial charge in [-0.1, -0.05) is 42.8 Å². The Morgan fingerprint density at radius 3 is 2.58 bits per heavy atom. The number of rotatable bonds is 6. The van der Waals surface area contributed by atoms with Crippen LogP contribution in [0.2, 0.25) is 0 Å². The summed E-state index contributed by atoms with van der Waals surface area (Å²) in [6, 6.07) is 15.3. The maximum Gasteiger partial charge on any atom is 0.243 e. The summed E-state index contributed by atoms with van der Waals surface area (Å²) in [6.07, 6.45) is 3.83. The monoisotopic (exact) mass is 442 g/mol. The molecule has 8 heteroatoms. The average Bonchev–Trinajstić information content (AvgIpc) is 3.23. The van der Waals surface area contributed by atoms with Crippen LogP contribution in [0, 0.1) is 0 Å². The van der Waals surface area contributed by atoms with Crippen LogP contribution >= 0.6 is 0 Å². The third-order valence-electron chi connectivity index (χ3n) is 5.79. The minimum atomic E-state index is -3.49. The number of nitrogens with one attached hydrogen (secondary N) is 2. The smallest absolute Gasteiger partial charge is 0.243 e. The van der Waals surface area contributed by atoms with Gasteiger partial charge in [0.1, 0.15) is 11.9 Å². The Kier molecular flexibility index (Phi) is 6.77. The molecule has 0 amide bonds. The fraction of sp³-hybridized carbons (Fsp3) is 0.435. The van der Waals surface area contributed by atoms with Crippen LogP contribution in [0.5, 0.6) is 5.75 Å². The maximum atomic E-state index is 13.2. The van der Waals surface area contributed by atoms with Gasteiger partial charge in [0, 0.05) is 33.1 Å². The molecule has 2 aliphatic heterocycles. The molecule has 0 spiro atoms. The zero-order valence-electron chi connectivity index (χ0n) is 17.9. The zero-order chi connectivity index (χ0) is 21.7. The first kappa shape index (κ1) is 21.6. The van der Waals surface area contributed by atoms with E-state index >= 15 is 0 Å². The first-order chi connectivity index (χ1) is 15.1. The van der Waals surface area contributed by atoms with Crippen molar-refractivity contribution in [2.75, 3.05) is 26.7 Å². The van der Waals surface area contributed by atoms with Crippen molar-refractivity contribution in [2.45, 2.75) is 43.2 Å². The second-order valence-corrected chi connectivity index (χ2v) is 9.84. The molecule has 4 rings (SSSR count). The van der Waals surface area contributed by atoms with E-state index in [1.54, 1.807) is 23.5 Å². The zero-order valence-corrected chi connectivity index (χ0v) is 18.7. The van der Waals surface area contributed by atoms with E-state index in [2.05, 4.69) is 21.7 Å². The summed E-state index contributed by atoms with van der Waals surface area (Å²) in [7, 11) is -1.79. The van der Waals surface area contributed by atoms with Gasteiger partial charge in [0.15, 0.2) is 5.96 Å². The lowest BCUT2D eigenvalue weighted by Crippen LogP contribution is -2.42. The molecule has 166 valence electrons. The highest BCUT2D eigenvalue weighted by Gasteiger charge is 2.28. The van der Waals surface area contributed by atoms with E-state index in [-0.39, 0.29) is 6.10 Å². The minimum absolute atomic E-state index is 0.0442. The number of hydrogen-bond acceptors (Lipinski definition) is 4. The number of nitrogens with zero attached hydrogens (tertiary/aromatic N) is 2. The molecule has 7 nitrogen and oxygen atoms in total. The fourth-order valence-electron chi connectivity index (χ4n) is 4.12. The Morgan fingerprint density at radius 2 is 1.81 bits per heavy atom. The van der Waals surface area contributed by atoms with Gasteiger partial charge in [-0.2, -0.15) is 4.31 Å². The molecule has 0 bridgehead atoms. The predicted molar refractivity (Wildman–Crippen MR) is 122 cm³/mol. The molecule has 0 aliphatic carbocycles. The van der Waals surface area contributed by atoms with Crippen molar-refractivity contribution in [3.05, 3.63) is 59.7 Å². The topological polar surface area (TPSA) is 83.0 Å². The van der Waals surface area contributed by atoms with Gasteiger partial charge in [-0.05, 0) is 36.1 Å². The maximum absolute atomic E-state index is 13.2. The van der Waals surface area contributed by atoms with Crippen LogP contribution in [-0.4, -0.2) is 51.5 Å². The summed E-state index contributed by atoms with van der Waals surface area (Å²) in [5, 5.41) is 6.54. The summed E-state index contributed by atoms with van der Waals surface area (Å²) >= 11 is 0. The Labute approximate surface area is 184 Å². The Morgan fingerprint density at radius 1 is 1.06 bits per heavy atom. The molecule has 0 aromatic heterocycles. The molecular formula is C23H30N4O3S. The van der Waals surface area contributed by atoms with Crippen molar-refractivity contribution < 1.29 is 13.2 Å². The molecule has 2 aromatic rings. The van der Waals surface area contributed by atoms with Crippen LogP contribution in [0.4, 0.5) is 0 Å². The molecule has 1 unspecified atom stereocenters. The summed E-state index contributed by atoms with van der Waals surface area (Å²) in [4.78, 5) is 4.64. The van der Waals surface area contributed by atoms with E-state index in [1.807, 2.05) is 30.3 Å². The third kappa shape index (κ3) is 5.02. The number of aliphatic imine (C=N–C) groups is 1. The molecule has 1 fully saturated rings. The van der Waals surface area contributed by atoms with Crippen LogP contribution in [0.3, 0.4) is 0 Å². The van der Waals surface area contributed by atoms with E-state index in [4.69, 9.17) is 4.74 Å². The van der Waals surface area contributed by atoms with Gasteiger partial charge in [0.25, 0.3) is 0 Å². The Bertz CT molecular complexity index is 1010. The lowest BCUT2D eigenvalue weighted by molar-refractivity contribution is 0.235. The van der Waals surface area contributed by atoms with E-state index < -0.39 is 10.0 Å². The van der Waals surface area contributed by atoms with Gasteiger partial charge < -0.3 is 15.4 Å². The molecule has 0 saturated carbocycles. The van der Waals surface area contributed by atoms with Gasteiger partial charge in [-0.3, -0.25) is 4.99 Å². The summed E-state index contributed by atoms with van der Waals surface area (Å²) in [5.41, 5.74) is 1.95. The van der Waals surface area contributed by atoms with Gasteiger partial charge in [0.05, 0.1) is 11.4 Å². The fourth-order valence-corrected chi connectivity index (χ4v) is 5.86. The van der Waals surface area contributed by atoms with Crippen molar-refractivity contribution in [2.24, 2.45) is 4.99 Å². The Balaban J connectivity index is 1.36. The summed E-state index contributed by atoms with van der Waals surface area (Å²) in [6.45, 7) is 2.17. The van der Waals surface area contributed by atoms with Crippen molar-refractivity contribution in [3.8, 4) is 5.75 Å². The number of guanidine groups is 1. The molecule has 0 radical (unpaired) electrons. The highest BCUT2D eigenvalue weighted by molar-refractivity contribution is 7.89. The quantitative estimate of drug-likeness (QED) is 0.531. The van der Waals surface area contributed by atoms with Crippen LogP contribution < -0.4 is 15.4 Å². The van der Waals surface area contributed by atoms with Gasteiger partial charge >= 0.3 is 0 Å². The molecule has 2 aromatic carbocycles. The number of fused-ring (bicyclic) bond motifs is 1. The number of sulfonamides is 1. The number of ether oxygens (including phenoxy) is 1. The SMILES string of the molecule is CN=C(NCc1ccccc1S(=O)(=O)N1CCCCC1)NCC1Cc2ccccc2O1. The van der Waals surface area contributed by atoms with E-state index in [1.165, 1.54) is 5.56 Å². The molecule has 2 N–H and O–H groups in total. The highest BCUT2D eigenvalue weighted by atomic mass is 32.2. The minimum Gasteiger partial charge on any atom is -0.488 e. The van der Waals surface area contributed by atoms with Crippen molar-refractivity contribution in [3.63, 3.8) is 0 Å². The third-order valence-corrected chi connectivity index (χ3v) is 7.79. The van der Waals surface area contributed by atoms with E-state index in [0.717, 1.165) is 37.0 Å². The summed E-state index contributed by atoms with van der Waals surface area (Å²) in [5.74, 6) is 1.55.